The number of hydrogen-bond donors (Lipinski definition) is 1. The van der Waals surface area contributed by atoms with Crippen molar-refractivity contribution in [2.75, 3.05) is 12.4 Å². The van der Waals surface area contributed by atoms with Gasteiger partial charge in [-0.15, -0.1) is 0 Å². The van der Waals surface area contributed by atoms with Crippen molar-refractivity contribution in [3.63, 3.8) is 0 Å². The lowest BCUT2D eigenvalue weighted by atomic mass is 10.0. The van der Waals surface area contributed by atoms with E-state index in [1.54, 1.807) is 24.1 Å². The molecule has 3 rings (SSSR count). The fourth-order valence-electron chi connectivity index (χ4n) is 2.43. The summed E-state index contributed by atoms with van der Waals surface area (Å²) in [6, 6.07) is 16.9. The maximum Gasteiger partial charge on any atom is 0.257 e. The fraction of sp³-hybridized carbons (Fsp3) is 0.125. The minimum atomic E-state index is -0.259. The van der Waals surface area contributed by atoms with Crippen LogP contribution in [0.4, 0.5) is 5.69 Å². The van der Waals surface area contributed by atoms with Crippen LogP contribution in [0, 0.1) is 11.3 Å². The van der Waals surface area contributed by atoms with Gasteiger partial charge >= 0.3 is 0 Å². The molecule has 1 aliphatic heterocycles. The average Bonchev–Trinajstić information content (AvgIpc) is 2.51. The summed E-state index contributed by atoms with van der Waals surface area (Å²) in [7, 11) is 1.76. The maximum atomic E-state index is 12.4. The van der Waals surface area contributed by atoms with Crippen molar-refractivity contribution in [3.8, 4) is 6.07 Å². The Balaban J connectivity index is 2.04. The zero-order valence-corrected chi connectivity index (χ0v) is 11.0. The van der Waals surface area contributed by atoms with E-state index in [2.05, 4.69) is 11.4 Å². The number of carbonyl (C=O) groups excluding carboxylic acids is 1. The molecular formula is C16H13N3O. The van der Waals surface area contributed by atoms with Crippen LogP contribution >= 0.6 is 0 Å². The molecule has 0 aromatic heterocycles. The van der Waals surface area contributed by atoms with Crippen molar-refractivity contribution in [1.29, 1.82) is 5.26 Å². The molecule has 0 aliphatic carbocycles. The van der Waals surface area contributed by atoms with E-state index in [0.717, 1.165) is 11.3 Å². The first kappa shape index (κ1) is 12.2. The molecular weight excluding hydrogens is 250 g/mol. The normalized spacial score (nSPS) is 17.1. The summed E-state index contributed by atoms with van der Waals surface area (Å²) in [5.41, 5.74) is 2.98. The third-order valence-electron chi connectivity index (χ3n) is 3.49. The number of fused-ring (bicyclic) bond motifs is 1. The van der Waals surface area contributed by atoms with Crippen LogP contribution in [0.1, 0.15) is 27.7 Å². The zero-order valence-electron chi connectivity index (χ0n) is 11.0. The maximum absolute atomic E-state index is 12.4. The Morgan fingerprint density at radius 1 is 1.20 bits per heavy atom. The van der Waals surface area contributed by atoms with E-state index in [4.69, 9.17) is 5.26 Å². The Kier molecular flexibility index (Phi) is 2.88. The van der Waals surface area contributed by atoms with Crippen molar-refractivity contribution in [3.05, 3.63) is 65.2 Å². The number of hydrogen-bond acceptors (Lipinski definition) is 3. The number of rotatable bonds is 1. The second kappa shape index (κ2) is 4.71. The summed E-state index contributed by atoms with van der Waals surface area (Å²) in [6.45, 7) is 0. The number of nitriles is 1. The van der Waals surface area contributed by atoms with Gasteiger partial charge in [0.1, 0.15) is 6.17 Å². The molecule has 0 unspecified atom stereocenters. The van der Waals surface area contributed by atoms with Gasteiger partial charge in [-0.3, -0.25) is 4.79 Å². The summed E-state index contributed by atoms with van der Waals surface area (Å²) >= 11 is 0. The van der Waals surface area contributed by atoms with Crippen molar-refractivity contribution in [1.82, 2.24) is 4.90 Å². The average molecular weight is 263 g/mol. The molecule has 1 amide bonds. The van der Waals surface area contributed by atoms with Crippen LogP contribution < -0.4 is 5.32 Å². The van der Waals surface area contributed by atoms with E-state index in [9.17, 15) is 4.79 Å². The van der Waals surface area contributed by atoms with Gasteiger partial charge in [0, 0.05) is 12.7 Å². The van der Waals surface area contributed by atoms with Crippen LogP contribution in [0.15, 0.2) is 48.5 Å². The molecule has 1 aliphatic rings. The van der Waals surface area contributed by atoms with E-state index in [0.29, 0.717) is 11.1 Å². The topological polar surface area (TPSA) is 56.1 Å². The van der Waals surface area contributed by atoms with Crippen LogP contribution in [0.3, 0.4) is 0 Å². The Bertz CT molecular complexity index is 718. The molecule has 0 bridgehead atoms. The molecule has 4 nitrogen and oxygen atoms in total. The summed E-state index contributed by atoms with van der Waals surface area (Å²) in [4.78, 5) is 14.0. The molecule has 0 spiro atoms. The molecule has 0 saturated carbocycles. The second-order valence-electron chi connectivity index (χ2n) is 4.75. The molecule has 1 heterocycles. The Labute approximate surface area is 117 Å². The van der Waals surface area contributed by atoms with Gasteiger partial charge < -0.3 is 10.2 Å². The van der Waals surface area contributed by atoms with Crippen molar-refractivity contribution in [2.24, 2.45) is 0 Å². The summed E-state index contributed by atoms with van der Waals surface area (Å²) < 4.78 is 0. The quantitative estimate of drug-likeness (QED) is 0.860. The van der Waals surface area contributed by atoms with Gasteiger partial charge in [-0.25, -0.2) is 0 Å². The minimum absolute atomic E-state index is 0.0216. The van der Waals surface area contributed by atoms with Crippen molar-refractivity contribution < 1.29 is 4.79 Å². The molecule has 0 saturated heterocycles. The fourth-order valence-corrected chi connectivity index (χ4v) is 2.43. The van der Waals surface area contributed by atoms with Gasteiger partial charge in [-0.1, -0.05) is 24.3 Å². The Hall–Kier alpha value is -2.80. The smallest absolute Gasteiger partial charge is 0.257 e. The zero-order chi connectivity index (χ0) is 14.1. The van der Waals surface area contributed by atoms with Crippen molar-refractivity contribution >= 4 is 11.6 Å². The highest BCUT2D eigenvalue weighted by molar-refractivity contribution is 6.01. The first-order valence-electron chi connectivity index (χ1n) is 6.33. The first-order valence-corrected chi connectivity index (χ1v) is 6.33. The number of nitrogens with one attached hydrogen (secondary N) is 1. The van der Waals surface area contributed by atoms with E-state index >= 15 is 0 Å². The highest BCUT2D eigenvalue weighted by Gasteiger charge is 2.29. The lowest BCUT2D eigenvalue weighted by Gasteiger charge is -2.35. The first-order chi connectivity index (χ1) is 9.70. The van der Waals surface area contributed by atoms with Gasteiger partial charge in [0.2, 0.25) is 0 Å². The summed E-state index contributed by atoms with van der Waals surface area (Å²) in [5, 5.41) is 12.3. The predicted octanol–water partition coefficient (Wildman–Crippen LogP) is 2.75. The van der Waals surface area contributed by atoms with Crippen LogP contribution in [0.25, 0.3) is 0 Å². The minimum Gasteiger partial charge on any atom is -0.361 e. The van der Waals surface area contributed by atoms with Crippen molar-refractivity contribution in [2.45, 2.75) is 6.17 Å². The van der Waals surface area contributed by atoms with Gasteiger partial charge in [-0.2, -0.15) is 5.26 Å². The molecule has 0 fully saturated rings. The van der Waals surface area contributed by atoms with Gasteiger partial charge in [0.05, 0.1) is 17.2 Å². The largest absolute Gasteiger partial charge is 0.361 e. The van der Waals surface area contributed by atoms with Gasteiger partial charge in [-0.05, 0) is 29.8 Å². The number of nitrogens with zero attached hydrogens (tertiary/aromatic N) is 2. The summed E-state index contributed by atoms with van der Waals surface area (Å²) in [6.07, 6.45) is -0.259. The lowest BCUT2D eigenvalue weighted by Crippen LogP contribution is -2.40. The molecule has 2 aromatic rings. The second-order valence-corrected chi connectivity index (χ2v) is 4.75. The van der Waals surface area contributed by atoms with Crippen LogP contribution in [0.5, 0.6) is 0 Å². The number of carbonyl (C=O) groups is 1. The molecule has 20 heavy (non-hydrogen) atoms. The Morgan fingerprint density at radius 2 is 2.00 bits per heavy atom. The third kappa shape index (κ3) is 1.90. The highest BCUT2D eigenvalue weighted by Crippen LogP contribution is 2.31. The van der Waals surface area contributed by atoms with Crippen LogP contribution in [0.2, 0.25) is 0 Å². The Morgan fingerprint density at radius 3 is 2.80 bits per heavy atom. The monoisotopic (exact) mass is 263 g/mol. The standard InChI is InChI=1S/C16H13N3O/c1-19-15(12-6-4-5-11(9-12)10-17)18-14-8-3-2-7-13(14)16(19)20/h2-9,15,18H,1H3/t15-/m1/s1. The van der Waals surface area contributed by atoms with Gasteiger partial charge in [0.25, 0.3) is 5.91 Å². The predicted molar refractivity (Wildman–Crippen MR) is 76.1 cm³/mol. The number of para-hydroxylation sites is 1. The third-order valence-corrected chi connectivity index (χ3v) is 3.49. The number of benzene rings is 2. The van der Waals surface area contributed by atoms with Crippen LogP contribution in [-0.4, -0.2) is 17.9 Å². The molecule has 1 atom stereocenters. The van der Waals surface area contributed by atoms with E-state index < -0.39 is 0 Å². The van der Waals surface area contributed by atoms with Crippen LogP contribution in [-0.2, 0) is 0 Å². The highest BCUT2D eigenvalue weighted by atomic mass is 16.2. The van der Waals surface area contributed by atoms with E-state index in [1.807, 2.05) is 36.4 Å². The molecule has 1 N–H and O–H groups in total. The molecule has 2 aromatic carbocycles. The molecule has 4 heteroatoms. The molecule has 0 radical (unpaired) electrons. The number of amides is 1. The summed E-state index contributed by atoms with van der Waals surface area (Å²) in [5.74, 6) is -0.0216. The lowest BCUT2D eigenvalue weighted by molar-refractivity contribution is 0.0735. The number of anilines is 1. The SMILES string of the molecule is CN1C(=O)c2ccccc2N[C@H]1c1cccc(C#N)c1. The molecule has 98 valence electrons. The van der Waals surface area contributed by atoms with Gasteiger partial charge in [0.15, 0.2) is 0 Å². The van der Waals surface area contributed by atoms with E-state index in [-0.39, 0.29) is 12.1 Å². The van der Waals surface area contributed by atoms with E-state index in [1.165, 1.54) is 0 Å².